The molecule has 0 spiro atoms. The summed E-state index contributed by atoms with van der Waals surface area (Å²) in [6.07, 6.45) is 1.56. The van der Waals surface area contributed by atoms with Crippen LogP contribution in [0, 0.1) is 12.7 Å². The lowest BCUT2D eigenvalue weighted by Gasteiger charge is -2.05. The van der Waals surface area contributed by atoms with E-state index in [-0.39, 0.29) is 5.82 Å². The summed E-state index contributed by atoms with van der Waals surface area (Å²) >= 11 is 0. The Morgan fingerprint density at radius 1 is 1.27 bits per heavy atom. The predicted molar refractivity (Wildman–Crippen MR) is 56.6 cm³/mol. The van der Waals surface area contributed by atoms with E-state index in [9.17, 15) is 4.39 Å². The van der Waals surface area contributed by atoms with Crippen molar-refractivity contribution in [3.05, 3.63) is 41.8 Å². The zero-order valence-electron chi connectivity index (χ0n) is 8.24. The average Bonchev–Trinajstić information content (AvgIpc) is 2.22. The molecule has 0 unspecified atom stereocenters. The van der Waals surface area contributed by atoms with Crippen LogP contribution in [-0.4, -0.2) is 9.97 Å². The van der Waals surface area contributed by atoms with Gasteiger partial charge in [0.15, 0.2) is 5.82 Å². The Balaban J connectivity index is 2.59. The van der Waals surface area contributed by atoms with Gasteiger partial charge in [0, 0.05) is 11.8 Å². The first kappa shape index (κ1) is 9.58. The third kappa shape index (κ3) is 1.79. The Hall–Kier alpha value is -1.97. The first-order chi connectivity index (χ1) is 7.18. The molecule has 0 amide bonds. The Labute approximate surface area is 86.8 Å². The third-order valence-electron chi connectivity index (χ3n) is 2.19. The summed E-state index contributed by atoms with van der Waals surface area (Å²) in [4.78, 5) is 8.10. The SMILES string of the molecule is Cc1c(F)cccc1-c1nccc(N)n1. The van der Waals surface area contributed by atoms with Gasteiger partial charge in [-0.25, -0.2) is 14.4 Å². The zero-order valence-corrected chi connectivity index (χ0v) is 8.24. The molecule has 76 valence electrons. The van der Waals surface area contributed by atoms with Gasteiger partial charge >= 0.3 is 0 Å². The fourth-order valence-corrected chi connectivity index (χ4v) is 1.35. The maximum Gasteiger partial charge on any atom is 0.161 e. The van der Waals surface area contributed by atoms with Gasteiger partial charge in [-0.1, -0.05) is 12.1 Å². The van der Waals surface area contributed by atoms with E-state index in [2.05, 4.69) is 9.97 Å². The van der Waals surface area contributed by atoms with Crippen LogP contribution >= 0.6 is 0 Å². The molecule has 15 heavy (non-hydrogen) atoms. The summed E-state index contributed by atoms with van der Waals surface area (Å²) in [5.74, 6) is 0.564. The summed E-state index contributed by atoms with van der Waals surface area (Å²) in [5, 5.41) is 0. The Morgan fingerprint density at radius 3 is 2.80 bits per heavy atom. The van der Waals surface area contributed by atoms with Crippen LogP contribution in [0.1, 0.15) is 5.56 Å². The first-order valence-electron chi connectivity index (χ1n) is 4.52. The molecule has 2 N–H and O–H groups in total. The van der Waals surface area contributed by atoms with Crippen molar-refractivity contribution >= 4 is 5.82 Å². The summed E-state index contributed by atoms with van der Waals surface area (Å²) in [6, 6.07) is 6.40. The van der Waals surface area contributed by atoms with E-state index < -0.39 is 0 Å². The molecule has 2 rings (SSSR count). The molecule has 1 heterocycles. The monoisotopic (exact) mass is 203 g/mol. The molecule has 0 aliphatic carbocycles. The number of nitrogen functional groups attached to an aromatic ring is 1. The molecule has 1 aromatic heterocycles. The smallest absolute Gasteiger partial charge is 0.161 e. The van der Waals surface area contributed by atoms with Gasteiger partial charge in [-0.3, -0.25) is 0 Å². The van der Waals surface area contributed by atoms with Gasteiger partial charge in [0.05, 0.1) is 0 Å². The number of hydrogen-bond donors (Lipinski definition) is 1. The number of anilines is 1. The van der Waals surface area contributed by atoms with Crippen LogP contribution in [0.3, 0.4) is 0 Å². The van der Waals surface area contributed by atoms with Gasteiger partial charge in [-0.15, -0.1) is 0 Å². The number of aromatic nitrogens is 2. The van der Waals surface area contributed by atoms with Crippen molar-refractivity contribution in [1.82, 2.24) is 9.97 Å². The Kier molecular flexibility index (Phi) is 2.33. The fourth-order valence-electron chi connectivity index (χ4n) is 1.35. The van der Waals surface area contributed by atoms with Gasteiger partial charge < -0.3 is 5.73 Å². The number of hydrogen-bond acceptors (Lipinski definition) is 3. The van der Waals surface area contributed by atoms with Crippen LogP contribution in [0.2, 0.25) is 0 Å². The predicted octanol–water partition coefficient (Wildman–Crippen LogP) is 2.17. The van der Waals surface area contributed by atoms with Crippen molar-refractivity contribution in [3.63, 3.8) is 0 Å². The highest BCUT2D eigenvalue weighted by Crippen LogP contribution is 2.21. The van der Waals surface area contributed by atoms with Crippen LogP contribution in [0.25, 0.3) is 11.4 Å². The first-order valence-corrected chi connectivity index (χ1v) is 4.52. The second-order valence-electron chi connectivity index (χ2n) is 3.22. The van der Waals surface area contributed by atoms with Gasteiger partial charge in [0.2, 0.25) is 0 Å². The molecular formula is C11H10FN3. The van der Waals surface area contributed by atoms with Crippen molar-refractivity contribution in [3.8, 4) is 11.4 Å². The third-order valence-corrected chi connectivity index (χ3v) is 2.19. The molecule has 0 saturated heterocycles. The van der Waals surface area contributed by atoms with E-state index in [4.69, 9.17) is 5.73 Å². The van der Waals surface area contributed by atoms with E-state index in [1.54, 1.807) is 31.3 Å². The van der Waals surface area contributed by atoms with E-state index in [0.717, 1.165) is 0 Å². The molecule has 2 aromatic rings. The standard InChI is InChI=1S/C11H10FN3/c1-7-8(3-2-4-9(7)12)11-14-6-5-10(13)15-11/h2-6H,1H3,(H2,13,14,15). The molecule has 0 atom stereocenters. The minimum Gasteiger partial charge on any atom is -0.384 e. The average molecular weight is 203 g/mol. The molecule has 0 aliphatic rings. The number of nitrogens with two attached hydrogens (primary N) is 1. The highest BCUT2D eigenvalue weighted by molar-refractivity contribution is 5.60. The highest BCUT2D eigenvalue weighted by Gasteiger charge is 2.07. The van der Waals surface area contributed by atoms with Gasteiger partial charge in [0.25, 0.3) is 0 Å². The van der Waals surface area contributed by atoms with Crippen LogP contribution in [0.4, 0.5) is 10.2 Å². The fraction of sp³-hybridized carbons (Fsp3) is 0.0909. The van der Waals surface area contributed by atoms with E-state index in [1.807, 2.05) is 0 Å². The number of benzene rings is 1. The lowest BCUT2D eigenvalue weighted by molar-refractivity contribution is 0.619. The van der Waals surface area contributed by atoms with Crippen molar-refractivity contribution < 1.29 is 4.39 Å². The summed E-state index contributed by atoms with van der Waals surface area (Å²) in [7, 11) is 0. The Bertz CT molecular complexity index is 497. The summed E-state index contributed by atoms with van der Waals surface area (Å²) < 4.78 is 13.3. The topological polar surface area (TPSA) is 51.8 Å². The molecule has 0 saturated carbocycles. The number of nitrogens with zero attached hydrogens (tertiary/aromatic N) is 2. The van der Waals surface area contributed by atoms with Crippen molar-refractivity contribution in [2.24, 2.45) is 0 Å². The number of halogens is 1. The van der Waals surface area contributed by atoms with Crippen LogP contribution in [0.15, 0.2) is 30.5 Å². The van der Waals surface area contributed by atoms with Crippen LogP contribution in [0.5, 0.6) is 0 Å². The van der Waals surface area contributed by atoms with Gasteiger partial charge in [-0.05, 0) is 24.6 Å². The van der Waals surface area contributed by atoms with Gasteiger partial charge in [-0.2, -0.15) is 0 Å². The molecular weight excluding hydrogens is 193 g/mol. The molecule has 0 radical (unpaired) electrons. The summed E-state index contributed by atoms with van der Waals surface area (Å²) in [5.41, 5.74) is 6.74. The lowest BCUT2D eigenvalue weighted by atomic mass is 10.1. The van der Waals surface area contributed by atoms with Crippen molar-refractivity contribution in [1.29, 1.82) is 0 Å². The minimum absolute atomic E-state index is 0.265. The molecule has 4 heteroatoms. The maximum absolute atomic E-state index is 13.3. The zero-order chi connectivity index (χ0) is 10.8. The van der Waals surface area contributed by atoms with Crippen molar-refractivity contribution in [2.45, 2.75) is 6.92 Å². The van der Waals surface area contributed by atoms with Crippen molar-refractivity contribution in [2.75, 3.05) is 5.73 Å². The number of rotatable bonds is 1. The minimum atomic E-state index is -0.265. The Morgan fingerprint density at radius 2 is 2.07 bits per heavy atom. The summed E-state index contributed by atoms with van der Waals surface area (Å²) in [6.45, 7) is 1.69. The molecule has 0 fully saturated rings. The molecule has 0 aliphatic heterocycles. The molecule has 1 aromatic carbocycles. The highest BCUT2D eigenvalue weighted by atomic mass is 19.1. The second kappa shape index (κ2) is 3.65. The molecule has 3 nitrogen and oxygen atoms in total. The maximum atomic E-state index is 13.3. The van der Waals surface area contributed by atoms with E-state index >= 15 is 0 Å². The van der Waals surface area contributed by atoms with E-state index in [0.29, 0.717) is 22.8 Å². The van der Waals surface area contributed by atoms with E-state index in [1.165, 1.54) is 6.07 Å². The quantitative estimate of drug-likeness (QED) is 0.772. The van der Waals surface area contributed by atoms with Gasteiger partial charge in [0.1, 0.15) is 11.6 Å². The molecule has 0 bridgehead atoms. The van der Waals surface area contributed by atoms with Crippen LogP contribution in [-0.2, 0) is 0 Å². The largest absolute Gasteiger partial charge is 0.384 e. The lowest BCUT2D eigenvalue weighted by Crippen LogP contribution is -1.96. The normalized spacial score (nSPS) is 10.3. The van der Waals surface area contributed by atoms with Crippen LogP contribution < -0.4 is 5.73 Å². The second-order valence-corrected chi connectivity index (χ2v) is 3.22.